The van der Waals surface area contributed by atoms with Crippen LogP contribution in [0, 0.1) is 0 Å². The second-order valence-electron chi connectivity index (χ2n) is 10.5. The molecule has 1 unspecified atom stereocenters. The van der Waals surface area contributed by atoms with Crippen molar-refractivity contribution in [1.29, 1.82) is 0 Å². The predicted octanol–water partition coefficient (Wildman–Crippen LogP) is 17.5. The molecule has 0 bridgehead atoms. The van der Waals surface area contributed by atoms with Crippen LogP contribution < -0.4 is 0 Å². The molecule has 0 rings (SSSR count). The summed E-state index contributed by atoms with van der Waals surface area (Å²) in [5, 5.41) is 0. The molecule has 0 amide bonds. The zero-order valence-corrected chi connectivity index (χ0v) is 43.7. The second kappa shape index (κ2) is 20.8. The smallest absolute Gasteiger partial charge is 0.0856 e. The zero-order chi connectivity index (χ0) is 33.3. The van der Waals surface area contributed by atoms with Crippen molar-refractivity contribution in [3.8, 4) is 0 Å². The lowest BCUT2D eigenvalue weighted by Crippen LogP contribution is -2.39. The van der Waals surface area contributed by atoms with Crippen molar-refractivity contribution >= 4 is 191 Å². The molecule has 0 fully saturated rings. The molecule has 0 N–H and O–H groups in total. The van der Waals surface area contributed by atoms with Gasteiger partial charge in [-0.05, 0) is 98.1 Å². The zero-order valence-electron chi connectivity index (χ0n) is 24.7. The van der Waals surface area contributed by atoms with E-state index in [0.717, 1.165) is 58.6 Å². The molecule has 0 spiro atoms. The highest BCUT2D eigenvalue weighted by Gasteiger charge is 2.52. The molecule has 0 aliphatic carbocycles. The van der Waals surface area contributed by atoms with Crippen molar-refractivity contribution in [2.75, 3.05) is 0 Å². The van der Waals surface area contributed by atoms with Crippen LogP contribution in [0.5, 0.6) is 0 Å². The molecule has 12 heteroatoms. The van der Waals surface area contributed by atoms with Crippen molar-refractivity contribution in [3.63, 3.8) is 0 Å². The van der Waals surface area contributed by atoms with E-state index in [1.165, 1.54) is 22.3 Å². The molecule has 42 heavy (non-hydrogen) atoms. The van der Waals surface area contributed by atoms with Crippen LogP contribution in [-0.4, -0.2) is 16.7 Å². The summed E-state index contributed by atoms with van der Waals surface area (Å²) in [6.07, 6.45) is 15.9. The number of hydrogen-bond donors (Lipinski definition) is 0. The van der Waals surface area contributed by atoms with Crippen molar-refractivity contribution in [2.24, 2.45) is 0 Å². The van der Waals surface area contributed by atoms with Gasteiger partial charge in [0, 0.05) is 8.96 Å². The molecule has 242 valence electrons. The number of alkyl halides is 10. The maximum absolute atomic E-state index is 3.95. The molecule has 0 aromatic carbocycles. The third-order valence-corrected chi connectivity index (χ3v) is 23.6. The first kappa shape index (κ1) is 46.2. The second-order valence-corrected chi connectivity index (χ2v) is 30.2. The van der Waals surface area contributed by atoms with Gasteiger partial charge in [-0.3, -0.25) is 0 Å². The Bertz CT molecular complexity index is 1090. The molecule has 1 atom stereocenters. The standard InChI is InChI=1S/C30H38Br12/c1-18(2)12-10-14-20(4)16-11-15-19(3)13-8-9-17-21(5)24(31)27(34,35)25(32)22(6)28(36,37)29(38,39)26(33)23(7)30(40,41)42/h12-13,16-17,24H,8-11,14-15H2,1-7H3/b19-13+,20-16+,21-17+,25-22-,26-23-. The van der Waals surface area contributed by atoms with Crippen LogP contribution >= 0.6 is 191 Å². The highest BCUT2D eigenvalue weighted by atomic mass is 80.0. The topological polar surface area (TPSA) is 0 Å². The number of hydrogen-bond acceptors (Lipinski definition) is 0. The largest absolute Gasteiger partial charge is 0.156 e. The summed E-state index contributed by atoms with van der Waals surface area (Å²) in [5.74, 6) is 0. The van der Waals surface area contributed by atoms with Gasteiger partial charge in [0.05, 0.1) is 4.83 Å². The van der Waals surface area contributed by atoms with Gasteiger partial charge in [0.25, 0.3) is 0 Å². The Hall–Kier alpha value is 4.20. The Kier molecular flexibility index (Phi) is 22.8. The maximum Gasteiger partial charge on any atom is 0.156 e. The molecule has 0 aliphatic heterocycles. The summed E-state index contributed by atoms with van der Waals surface area (Å²) >= 11 is 46.0. The Morgan fingerprint density at radius 1 is 0.548 bits per heavy atom. The fourth-order valence-corrected chi connectivity index (χ4v) is 11.2. The molecule has 0 aromatic heterocycles. The van der Waals surface area contributed by atoms with Crippen molar-refractivity contribution in [3.05, 3.63) is 66.7 Å². The van der Waals surface area contributed by atoms with E-state index in [-0.39, 0.29) is 4.83 Å². The minimum Gasteiger partial charge on any atom is -0.0856 e. The van der Waals surface area contributed by atoms with Crippen molar-refractivity contribution < 1.29 is 0 Å². The third-order valence-electron chi connectivity index (χ3n) is 6.48. The van der Waals surface area contributed by atoms with Gasteiger partial charge in [-0.15, -0.1) is 0 Å². The average Bonchev–Trinajstić information content (AvgIpc) is 2.87. The molecular formula is C30H38Br12. The molecule has 0 aliphatic rings. The fourth-order valence-electron chi connectivity index (χ4n) is 3.60. The van der Waals surface area contributed by atoms with E-state index >= 15 is 0 Å². The van der Waals surface area contributed by atoms with Crippen LogP contribution in [0.2, 0.25) is 0 Å². The van der Waals surface area contributed by atoms with Crippen LogP contribution in [0.25, 0.3) is 0 Å². The highest BCUT2D eigenvalue weighted by molar-refractivity contribution is 9.39. The quantitative estimate of drug-likeness (QED) is 0.0871. The summed E-state index contributed by atoms with van der Waals surface area (Å²) in [7, 11) is 0. The lowest BCUT2D eigenvalue weighted by molar-refractivity contribution is 0.895. The fraction of sp³-hybridized carbons (Fsp3) is 0.600. The van der Waals surface area contributed by atoms with Gasteiger partial charge < -0.3 is 0 Å². The van der Waals surface area contributed by atoms with Gasteiger partial charge in [0.15, 0.2) is 2.14 Å². The number of halogens is 12. The minimum absolute atomic E-state index is 0.0179. The van der Waals surface area contributed by atoms with E-state index in [0.29, 0.717) is 0 Å². The first-order valence-corrected chi connectivity index (χ1v) is 22.8. The van der Waals surface area contributed by atoms with Crippen LogP contribution in [0.3, 0.4) is 0 Å². The molecule has 0 aromatic rings. The van der Waals surface area contributed by atoms with Gasteiger partial charge in [0.1, 0.15) is 9.70 Å². The first-order valence-electron chi connectivity index (χ1n) is 13.1. The van der Waals surface area contributed by atoms with Crippen LogP contribution in [0.1, 0.15) is 87.0 Å². The maximum atomic E-state index is 3.95. The van der Waals surface area contributed by atoms with Crippen LogP contribution in [0.15, 0.2) is 66.7 Å². The van der Waals surface area contributed by atoms with E-state index in [4.69, 9.17) is 0 Å². The molecule has 0 saturated heterocycles. The predicted molar refractivity (Wildman–Crippen MR) is 236 cm³/mol. The van der Waals surface area contributed by atoms with E-state index < -0.39 is 11.8 Å². The number of allylic oxidation sites excluding steroid dienone is 12. The summed E-state index contributed by atoms with van der Waals surface area (Å²) < 4.78 is -0.816. The van der Waals surface area contributed by atoms with E-state index in [1.807, 2.05) is 6.92 Å². The SMILES string of the molecule is CC(C)=CCC/C(C)=C/CC/C(C)=C/CC/C=C(\C)C(Br)C(Br)(Br)/C(Br)=C(\C)C(Br)(Br)C(Br)(Br)/C(Br)=C(\C)C(Br)(Br)Br. The van der Waals surface area contributed by atoms with E-state index in [1.54, 1.807) is 0 Å². The molecule has 0 saturated carbocycles. The normalized spacial score (nSPS) is 16.7. The summed E-state index contributed by atoms with van der Waals surface area (Å²) in [6, 6.07) is 0. The van der Waals surface area contributed by atoms with Crippen molar-refractivity contribution in [1.82, 2.24) is 0 Å². The number of unbranched alkanes of at least 4 members (excludes halogenated alkanes) is 1. The summed E-state index contributed by atoms with van der Waals surface area (Å²) in [5.41, 5.74) is 7.54. The summed E-state index contributed by atoms with van der Waals surface area (Å²) in [6.45, 7) is 15.0. The van der Waals surface area contributed by atoms with Crippen molar-refractivity contribution in [2.45, 2.75) is 104 Å². The average molecular weight is 1360 g/mol. The lowest BCUT2D eigenvalue weighted by atomic mass is 10.0. The first-order chi connectivity index (χ1) is 18.9. The molecule has 0 nitrogen and oxygen atoms in total. The number of rotatable bonds is 15. The molecular weight excluding hydrogens is 1320 g/mol. The Morgan fingerprint density at radius 2 is 0.976 bits per heavy atom. The van der Waals surface area contributed by atoms with Gasteiger partial charge in [0.2, 0.25) is 0 Å². The highest BCUT2D eigenvalue weighted by Crippen LogP contribution is 2.62. The van der Waals surface area contributed by atoms with Gasteiger partial charge in [-0.2, -0.15) is 0 Å². The minimum atomic E-state index is -0.742. The van der Waals surface area contributed by atoms with Gasteiger partial charge in [-0.1, -0.05) is 238 Å². The molecule has 0 radical (unpaired) electrons. The van der Waals surface area contributed by atoms with Gasteiger partial charge in [-0.25, -0.2) is 0 Å². The van der Waals surface area contributed by atoms with Crippen LogP contribution in [0.4, 0.5) is 0 Å². The third kappa shape index (κ3) is 15.0. The van der Waals surface area contributed by atoms with Gasteiger partial charge >= 0.3 is 0 Å². The Morgan fingerprint density at radius 3 is 1.43 bits per heavy atom. The monoisotopic (exact) mass is 1350 g/mol. The summed E-state index contributed by atoms with van der Waals surface area (Å²) in [4.78, 5) is -0.0179. The molecule has 0 heterocycles. The van der Waals surface area contributed by atoms with E-state index in [2.05, 4.69) is 257 Å². The van der Waals surface area contributed by atoms with Crippen LogP contribution in [-0.2, 0) is 0 Å². The van der Waals surface area contributed by atoms with E-state index in [9.17, 15) is 0 Å². The lowest BCUT2D eigenvalue weighted by Gasteiger charge is -2.39. The Labute approximate surface area is 356 Å². The Balaban J connectivity index is 5.56.